The molecule has 2 aliphatic rings. The molecule has 3 atom stereocenters. The van der Waals surface area contributed by atoms with Gasteiger partial charge in [0.15, 0.2) is 0 Å². The molecule has 2 fully saturated rings. The Hall–Kier alpha value is -2.86. The van der Waals surface area contributed by atoms with Crippen molar-refractivity contribution >= 4 is 33.5 Å². The molecule has 1 amide bonds. The lowest BCUT2D eigenvalue weighted by molar-refractivity contribution is 0.0180. The summed E-state index contributed by atoms with van der Waals surface area (Å²) in [6.45, 7) is 7.53. The first-order chi connectivity index (χ1) is 15.2. The summed E-state index contributed by atoms with van der Waals surface area (Å²) in [7, 11) is 0. The van der Waals surface area contributed by atoms with Crippen LogP contribution in [-0.2, 0) is 4.74 Å². The Bertz CT molecular complexity index is 1080. The Morgan fingerprint density at radius 1 is 1.31 bits per heavy atom. The number of fused-ring (bicyclic) bond motifs is 2. The summed E-state index contributed by atoms with van der Waals surface area (Å²) in [5, 5.41) is 12.3. The molecular weight excluding hydrogens is 474 g/mol. The molecule has 2 aliphatic heterocycles. The second-order valence-electron chi connectivity index (χ2n) is 9.16. The summed E-state index contributed by atoms with van der Waals surface area (Å²) >= 11 is 3.48. The average Bonchev–Trinajstić information content (AvgIpc) is 3.29. The van der Waals surface area contributed by atoms with Gasteiger partial charge in [-0.3, -0.25) is 4.90 Å². The van der Waals surface area contributed by atoms with Gasteiger partial charge in [-0.05, 0) is 74.7 Å². The number of nitrogens with zero attached hydrogens (tertiary/aromatic N) is 4. The molecule has 32 heavy (non-hydrogen) atoms. The number of carbonyl (C=O) groups excluding carboxylic acids is 1. The van der Waals surface area contributed by atoms with Crippen LogP contribution in [0.1, 0.15) is 51.2 Å². The maximum Gasteiger partial charge on any atom is 0.410 e. The third-order valence-electron chi connectivity index (χ3n) is 5.74. The van der Waals surface area contributed by atoms with Gasteiger partial charge in [-0.15, -0.1) is 0 Å². The quantitative estimate of drug-likeness (QED) is 0.625. The summed E-state index contributed by atoms with van der Waals surface area (Å²) < 4.78 is 12.7. The molecule has 3 heterocycles. The zero-order chi connectivity index (χ0) is 23.0. The number of ether oxygens (including phenoxy) is 2. The van der Waals surface area contributed by atoms with Crippen molar-refractivity contribution in [2.45, 2.75) is 70.7 Å². The van der Waals surface area contributed by atoms with E-state index in [9.17, 15) is 4.79 Å². The van der Waals surface area contributed by atoms with Crippen LogP contribution in [-0.4, -0.2) is 44.7 Å². The number of rotatable bonds is 4. The van der Waals surface area contributed by atoms with Crippen LogP contribution in [0.2, 0.25) is 0 Å². The number of amides is 1. The molecule has 1 aromatic carbocycles. The van der Waals surface area contributed by atoms with Crippen LogP contribution in [0.15, 0.2) is 29.0 Å². The molecule has 1 aromatic heterocycles. The smallest absolute Gasteiger partial charge is 0.410 e. The zero-order valence-corrected chi connectivity index (χ0v) is 20.1. The Morgan fingerprint density at radius 3 is 2.78 bits per heavy atom. The number of nitriles is 1. The highest BCUT2D eigenvalue weighted by Gasteiger charge is 2.51. The zero-order valence-electron chi connectivity index (χ0n) is 18.6. The van der Waals surface area contributed by atoms with Crippen LogP contribution in [0.25, 0.3) is 0 Å². The summed E-state index contributed by atoms with van der Waals surface area (Å²) in [5.41, 5.74) is 1.60. The Morgan fingerprint density at radius 2 is 2.09 bits per heavy atom. The lowest BCUT2D eigenvalue weighted by Gasteiger charge is -2.28. The minimum atomic E-state index is -0.529. The fourth-order valence-electron chi connectivity index (χ4n) is 4.30. The van der Waals surface area contributed by atoms with Crippen LogP contribution in [0.3, 0.4) is 0 Å². The topological polar surface area (TPSA) is 100 Å². The van der Waals surface area contributed by atoms with Crippen molar-refractivity contribution in [3.05, 3.63) is 40.1 Å². The minimum absolute atomic E-state index is 0.0201. The number of anilines is 2. The van der Waals surface area contributed by atoms with Crippen molar-refractivity contribution in [3.63, 3.8) is 0 Å². The number of nitrogens with one attached hydrogen (secondary N) is 1. The summed E-state index contributed by atoms with van der Waals surface area (Å²) in [6.07, 6.45) is 3.67. The average molecular weight is 500 g/mol. The van der Waals surface area contributed by atoms with E-state index in [1.165, 1.54) is 6.33 Å². The first kappa shape index (κ1) is 22.3. The monoisotopic (exact) mass is 499 g/mol. The molecule has 0 spiro atoms. The minimum Gasteiger partial charge on any atom is -0.472 e. The van der Waals surface area contributed by atoms with Gasteiger partial charge in [0.05, 0.1) is 28.9 Å². The van der Waals surface area contributed by atoms with Gasteiger partial charge in [0.1, 0.15) is 23.9 Å². The van der Waals surface area contributed by atoms with E-state index in [-0.39, 0.29) is 24.3 Å². The summed E-state index contributed by atoms with van der Waals surface area (Å²) in [4.78, 5) is 23.3. The van der Waals surface area contributed by atoms with Gasteiger partial charge < -0.3 is 14.8 Å². The second kappa shape index (κ2) is 8.58. The fourth-order valence-corrected chi connectivity index (χ4v) is 4.77. The SMILES string of the molecule is Cc1c(Nc2ccc(C#N)cc2Br)ncnc1O[C@H]1CC2CCC1N2C(=O)OC(C)(C)C. The lowest BCUT2D eigenvalue weighted by Crippen LogP contribution is -2.42. The Balaban J connectivity index is 1.49. The maximum atomic E-state index is 12.7. The third-order valence-corrected chi connectivity index (χ3v) is 6.39. The van der Waals surface area contributed by atoms with Crippen LogP contribution in [0, 0.1) is 18.3 Å². The standard InChI is InChI=1S/C23H26BrN5O3/c1-13-20(28-17-7-5-14(11-25)9-16(17)24)26-12-27-21(13)31-19-10-15-6-8-18(19)29(15)22(30)32-23(2,3)4/h5,7,9,12,15,18-19H,6,8,10H2,1-4H3,(H,26,27,28)/t15?,18?,19-/m0/s1. The molecule has 0 saturated carbocycles. The molecule has 9 heteroatoms. The lowest BCUT2D eigenvalue weighted by atomic mass is 9.98. The number of hydrogen-bond acceptors (Lipinski definition) is 7. The highest BCUT2D eigenvalue weighted by molar-refractivity contribution is 9.10. The molecular formula is C23H26BrN5O3. The number of carbonyl (C=O) groups is 1. The normalized spacial score (nSPS) is 21.9. The predicted molar refractivity (Wildman–Crippen MR) is 123 cm³/mol. The van der Waals surface area contributed by atoms with Crippen LogP contribution < -0.4 is 10.1 Å². The van der Waals surface area contributed by atoms with Crippen molar-refractivity contribution in [2.24, 2.45) is 0 Å². The van der Waals surface area contributed by atoms with Crippen LogP contribution in [0.5, 0.6) is 5.88 Å². The van der Waals surface area contributed by atoms with E-state index in [1.54, 1.807) is 12.1 Å². The van der Waals surface area contributed by atoms with Gasteiger partial charge in [0.2, 0.25) is 5.88 Å². The van der Waals surface area contributed by atoms with Gasteiger partial charge >= 0.3 is 6.09 Å². The number of hydrogen-bond donors (Lipinski definition) is 1. The van der Waals surface area contributed by atoms with E-state index in [2.05, 4.69) is 37.3 Å². The molecule has 168 valence electrons. The molecule has 0 radical (unpaired) electrons. The van der Waals surface area contributed by atoms with Crippen molar-refractivity contribution < 1.29 is 14.3 Å². The molecule has 2 unspecified atom stereocenters. The van der Waals surface area contributed by atoms with E-state index in [4.69, 9.17) is 14.7 Å². The van der Waals surface area contributed by atoms with Gasteiger partial charge in [-0.25, -0.2) is 14.8 Å². The van der Waals surface area contributed by atoms with E-state index >= 15 is 0 Å². The molecule has 8 nitrogen and oxygen atoms in total. The van der Waals surface area contributed by atoms with Crippen molar-refractivity contribution in [2.75, 3.05) is 5.32 Å². The molecule has 2 saturated heterocycles. The van der Waals surface area contributed by atoms with Crippen molar-refractivity contribution in [1.29, 1.82) is 5.26 Å². The predicted octanol–water partition coefficient (Wildman–Crippen LogP) is 5.08. The van der Waals surface area contributed by atoms with E-state index in [0.29, 0.717) is 17.3 Å². The van der Waals surface area contributed by atoms with Gasteiger partial charge in [-0.1, -0.05) is 0 Å². The van der Waals surface area contributed by atoms with Crippen molar-refractivity contribution in [3.8, 4) is 11.9 Å². The molecule has 0 aliphatic carbocycles. The first-order valence-corrected chi connectivity index (χ1v) is 11.4. The largest absolute Gasteiger partial charge is 0.472 e. The number of aromatic nitrogens is 2. The highest BCUT2D eigenvalue weighted by atomic mass is 79.9. The van der Waals surface area contributed by atoms with Crippen molar-refractivity contribution in [1.82, 2.24) is 14.9 Å². The highest BCUT2D eigenvalue weighted by Crippen LogP contribution is 2.41. The summed E-state index contributed by atoms with van der Waals surface area (Å²) in [5.74, 6) is 1.11. The van der Waals surface area contributed by atoms with Crippen LogP contribution >= 0.6 is 15.9 Å². The third kappa shape index (κ3) is 4.51. The fraction of sp³-hybridized carbons (Fsp3) is 0.478. The maximum absolute atomic E-state index is 12.7. The second-order valence-corrected chi connectivity index (χ2v) is 10.0. The van der Waals surface area contributed by atoms with E-state index in [1.807, 2.05) is 38.7 Å². The van der Waals surface area contributed by atoms with Gasteiger partial charge in [0.25, 0.3) is 0 Å². The van der Waals surface area contributed by atoms with Crippen LogP contribution in [0.4, 0.5) is 16.3 Å². The molecule has 2 aromatic rings. The van der Waals surface area contributed by atoms with Gasteiger partial charge in [0, 0.05) is 16.9 Å². The van der Waals surface area contributed by atoms with Gasteiger partial charge in [-0.2, -0.15) is 5.26 Å². The Labute approximate surface area is 196 Å². The number of benzene rings is 1. The molecule has 2 bridgehead atoms. The Kier molecular flexibility index (Phi) is 5.99. The molecule has 4 rings (SSSR count). The van der Waals surface area contributed by atoms with E-state index in [0.717, 1.165) is 35.0 Å². The first-order valence-electron chi connectivity index (χ1n) is 10.6. The van der Waals surface area contributed by atoms with E-state index < -0.39 is 5.60 Å². The number of halogens is 1. The summed E-state index contributed by atoms with van der Waals surface area (Å²) in [6, 6.07) is 7.53. The molecule has 1 N–H and O–H groups in total.